The third-order valence-corrected chi connectivity index (χ3v) is 2.94. The van der Waals surface area contributed by atoms with Gasteiger partial charge in [-0.1, -0.05) is 18.2 Å². The molecule has 0 heterocycles. The highest BCUT2D eigenvalue weighted by molar-refractivity contribution is 5.92. The number of aliphatic hydroxyl groups is 1. The van der Waals surface area contributed by atoms with Crippen LogP contribution in [0.1, 0.15) is 15.9 Å². The molecule has 2 aromatic carbocycles. The van der Waals surface area contributed by atoms with Crippen LogP contribution in [0.3, 0.4) is 0 Å². The number of rotatable bonds is 4. The maximum Gasteiger partial charge on any atom is 0.169 e. The molecule has 98 valence electrons. The molecule has 0 unspecified atom stereocenters. The average molecular weight is 258 g/mol. The van der Waals surface area contributed by atoms with Crippen LogP contribution in [-0.2, 0) is 6.61 Å². The average Bonchev–Trinajstić information content (AvgIpc) is 2.47. The molecule has 19 heavy (non-hydrogen) atoms. The van der Waals surface area contributed by atoms with Gasteiger partial charge >= 0.3 is 0 Å². The predicted octanol–water partition coefficient (Wildman–Crippen LogP) is 2.37. The lowest BCUT2D eigenvalue weighted by Crippen LogP contribution is -1.93. The Kier molecular flexibility index (Phi) is 3.82. The minimum Gasteiger partial charge on any atom is -0.504 e. The Morgan fingerprint density at radius 3 is 2.68 bits per heavy atom. The largest absolute Gasteiger partial charge is 0.504 e. The topological polar surface area (TPSA) is 66.8 Å². The van der Waals surface area contributed by atoms with Crippen LogP contribution < -0.4 is 4.74 Å². The molecule has 0 aliphatic rings. The summed E-state index contributed by atoms with van der Waals surface area (Å²) in [6.45, 7) is -0.0770. The van der Waals surface area contributed by atoms with Crippen molar-refractivity contribution in [3.63, 3.8) is 0 Å². The van der Waals surface area contributed by atoms with Crippen molar-refractivity contribution in [3.8, 4) is 22.6 Å². The number of phenolic OH excluding ortho intramolecular Hbond substituents is 1. The fraction of sp³-hybridized carbons (Fsp3) is 0.133. The van der Waals surface area contributed by atoms with E-state index in [1.807, 2.05) is 6.07 Å². The third kappa shape index (κ3) is 2.44. The molecule has 2 rings (SSSR count). The quantitative estimate of drug-likeness (QED) is 0.826. The van der Waals surface area contributed by atoms with Gasteiger partial charge in [0.2, 0.25) is 0 Å². The molecule has 0 fully saturated rings. The van der Waals surface area contributed by atoms with Gasteiger partial charge in [0.1, 0.15) is 0 Å². The number of hydrogen-bond donors (Lipinski definition) is 2. The summed E-state index contributed by atoms with van der Waals surface area (Å²) < 4.78 is 4.97. The van der Waals surface area contributed by atoms with E-state index in [1.54, 1.807) is 30.3 Å². The molecule has 0 saturated carbocycles. The summed E-state index contributed by atoms with van der Waals surface area (Å²) in [5.74, 6) is 0.0774. The zero-order chi connectivity index (χ0) is 13.8. The zero-order valence-electron chi connectivity index (χ0n) is 10.5. The summed E-state index contributed by atoms with van der Waals surface area (Å²) in [5.41, 5.74) is 2.27. The summed E-state index contributed by atoms with van der Waals surface area (Å²) in [6.07, 6.45) is 0.596. The van der Waals surface area contributed by atoms with E-state index in [1.165, 1.54) is 7.11 Å². The number of ether oxygens (including phenoxy) is 1. The Hall–Kier alpha value is -2.33. The van der Waals surface area contributed by atoms with Crippen LogP contribution in [-0.4, -0.2) is 23.6 Å². The number of aliphatic hydroxyl groups excluding tert-OH is 1. The van der Waals surface area contributed by atoms with Crippen molar-refractivity contribution in [1.29, 1.82) is 0 Å². The first-order valence-electron chi connectivity index (χ1n) is 5.76. The Bertz CT molecular complexity index is 605. The van der Waals surface area contributed by atoms with Gasteiger partial charge in [0, 0.05) is 0 Å². The summed E-state index contributed by atoms with van der Waals surface area (Å²) in [5, 5.41) is 19.1. The number of carbonyl (C=O) groups excluding carboxylic acids is 1. The smallest absolute Gasteiger partial charge is 0.169 e. The second-order valence-corrected chi connectivity index (χ2v) is 4.05. The third-order valence-electron chi connectivity index (χ3n) is 2.94. The summed E-state index contributed by atoms with van der Waals surface area (Å²) in [4.78, 5) is 11.2. The van der Waals surface area contributed by atoms with Crippen molar-refractivity contribution in [3.05, 3.63) is 47.5 Å². The number of benzene rings is 2. The van der Waals surface area contributed by atoms with E-state index in [4.69, 9.17) is 9.84 Å². The van der Waals surface area contributed by atoms with Gasteiger partial charge in [-0.3, -0.25) is 4.79 Å². The van der Waals surface area contributed by atoms with E-state index in [2.05, 4.69) is 0 Å². The maximum absolute atomic E-state index is 11.2. The monoisotopic (exact) mass is 258 g/mol. The van der Waals surface area contributed by atoms with Gasteiger partial charge in [0.15, 0.2) is 17.8 Å². The second kappa shape index (κ2) is 5.54. The van der Waals surface area contributed by atoms with Crippen molar-refractivity contribution in [2.75, 3.05) is 7.11 Å². The van der Waals surface area contributed by atoms with Crippen LogP contribution in [0, 0.1) is 0 Å². The Balaban J connectivity index is 2.61. The van der Waals surface area contributed by atoms with E-state index < -0.39 is 0 Å². The van der Waals surface area contributed by atoms with E-state index in [0.29, 0.717) is 11.8 Å². The summed E-state index contributed by atoms with van der Waals surface area (Å²) in [7, 11) is 1.43. The van der Waals surface area contributed by atoms with Crippen molar-refractivity contribution in [1.82, 2.24) is 0 Å². The van der Waals surface area contributed by atoms with Gasteiger partial charge < -0.3 is 14.9 Å². The fourth-order valence-corrected chi connectivity index (χ4v) is 1.96. The highest BCUT2D eigenvalue weighted by Crippen LogP contribution is 2.36. The molecule has 4 nitrogen and oxygen atoms in total. The number of carbonyl (C=O) groups is 1. The van der Waals surface area contributed by atoms with Crippen LogP contribution in [0.15, 0.2) is 36.4 Å². The predicted molar refractivity (Wildman–Crippen MR) is 71.4 cm³/mol. The van der Waals surface area contributed by atoms with Crippen LogP contribution in [0.5, 0.6) is 11.5 Å². The molecule has 0 radical (unpaired) electrons. The molecule has 0 saturated heterocycles. The SMILES string of the molecule is COc1ccc(-c2cccc(CO)c2)c(C=O)c1O. The van der Waals surface area contributed by atoms with Crippen LogP contribution in [0.2, 0.25) is 0 Å². The van der Waals surface area contributed by atoms with Crippen molar-refractivity contribution in [2.45, 2.75) is 6.61 Å². The molecular formula is C15H14O4. The van der Waals surface area contributed by atoms with Gasteiger partial charge in [0.25, 0.3) is 0 Å². The Labute approximate surface area is 110 Å². The van der Waals surface area contributed by atoms with E-state index in [-0.39, 0.29) is 23.7 Å². The van der Waals surface area contributed by atoms with E-state index in [9.17, 15) is 9.90 Å². The molecule has 0 spiro atoms. The van der Waals surface area contributed by atoms with E-state index in [0.717, 1.165) is 11.1 Å². The number of methoxy groups -OCH3 is 1. The minimum atomic E-state index is -0.176. The first kappa shape index (κ1) is 13.1. The first-order valence-corrected chi connectivity index (χ1v) is 5.76. The lowest BCUT2D eigenvalue weighted by molar-refractivity contribution is 0.112. The van der Waals surface area contributed by atoms with Crippen LogP contribution in [0.4, 0.5) is 0 Å². The van der Waals surface area contributed by atoms with Gasteiger partial charge in [-0.2, -0.15) is 0 Å². The fourth-order valence-electron chi connectivity index (χ4n) is 1.96. The normalized spacial score (nSPS) is 10.2. The zero-order valence-corrected chi connectivity index (χ0v) is 10.5. The van der Waals surface area contributed by atoms with Crippen molar-refractivity contribution >= 4 is 6.29 Å². The van der Waals surface area contributed by atoms with Gasteiger partial charge in [0.05, 0.1) is 19.3 Å². The first-order chi connectivity index (χ1) is 9.21. The number of aromatic hydroxyl groups is 1. The van der Waals surface area contributed by atoms with Crippen molar-refractivity contribution < 1.29 is 19.7 Å². The number of aldehydes is 1. The highest BCUT2D eigenvalue weighted by Gasteiger charge is 2.14. The Morgan fingerprint density at radius 2 is 2.05 bits per heavy atom. The number of phenols is 1. The molecule has 2 N–H and O–H groups in total. The van der Waals surface area contributed by atoms with Gasteiger partial charge in [-0.15, -0.1) is 0 Å². The molecule has 0 aromatic heterocycles. The van der Waals surface area contributed by atoms with Crippen LogP contribution >= 0.6 is 0 Å². The van der Waals surface area contributed by atoms with E-state index >= 15 is 0 Å². The molecular weight excluding hydrogens is 244 g/mol. The Morgan fingerprint density at radius 1 is 1.26 bits per heavy atom. The standard InChI is InChI=1S/C15H14O4/c1-19-14-6-5-12(13(9-17)15(14)18)11-4-2-3-10(7-11)8-16/h2-7,9,16,18H,8H2,1H3. The molecule has 4 heteroatoms. The highest BCUT2D eigenvalue weighted by atomic mass is 16.5. The molecule has 0 atom stereocenters. The molecule has 0 bridgehead atoms. The molecule has 2 aromatic rings. The van der Waals surface area contributed by atoms with Crippen LogP contribution in [0.25, 0.3) is 11.1 Å². The van der Waals surface area contributed by atoms with Gasteiger partial charge in [-0.25, -0.2) is 0 Å². The summed E-state index contributed by atoms with van der Waals surface area (Å²) >= 11 is 0. The van der Waals surface area contributed by atoms with Gasteiger partial charge in [-0.05, 0) is 34.9 Å². The second-order valence-electron chi connectivity index (χ2n) is 4.05. The minimum absolute atomic E-state index is 0.0770. The number of hydrogen-bond acceptors (Lipinski definition) is 4. The molecule has 0 aliphatic heterocycles. The summed E-state index contributed by atoms with van der Waals surface area (Å²) in [6, 6.07) is 10.5. The lowest BCUT2D eigenvalue weighted by Gasteiger charge is -2.11. The molecule has 0 amide bonds. The molecule has 0 aliphatic carbocycles. The maximum atomic E-state index is 11.2. The van der Waals surface area contributed by atoms with Crippen molar-refractivity contribution in [2.24, 2.45) is 0 Å². The lowest BCUT2D eigenvalue weighted by atomic mass is 9.97.